The van der Waals surface area contributed by atoms with Crippen LogP contribution in [0.15, 0.2) is 54.6 Å². The molecule has 0 N–H and O–H groups in total. The Morgan fingerprint density at radius 1 is 0.556 bits per heavy atom. The van der Waals surface area contributed by atoms with Crippen LogP contribution < -0.4 is 0 Å². The Hall–Kier alpha value is -2.55. The van der Waals surface area contributed by atoms with E-state index in [0.29, 0.717) is 23.5 Å². The van der Waals surface area contributed by atoms with Crippen molar-refractivity contribution in [2.24, 2.45) is 17.8 Å². The number of rotatable bonds is 14. The van der Waals surface area contributed by atoms with E-state index < -0.39 is 11.6 Å². The van der Waals surface area contributed by atoms with Crippen LogP contribution >= 0.6 is 0 Å². The monoisotopic (exact) mass is 616 g/mol. The second-order valence-corrected chi connectivity index (χ2v) is 14.3. The zero-order valence-corrected chi connectivity index (χ0v) is 27.9. The molecule has 0 aliphatic heterocycles. The van der Waals surface area contributed by atoms with Gasteiger partial charge in [0.15, 0.2) is 11.6 Å². The molecule has 5 rings (SSSR count). The van der Waals surface area contributed by atoms with Crippen molar-refractivity contribution in [3.8, 4) is 22.3 Å². The van der Waals surface area contributed by atoms with Crippen molar-refractivity contribution in [1.82, 2.24) is 0 Å². The number of unbranched alkanes of at least 4 members (excludes halogenated alkanes) is 6. The van der Waals surface area contributed by atoms with Gasteiger partial charge in [-0.15, -0.1) is 0 Å². The van der Waals surface area contributed by atoms with Gasteiger partial charge in [0.2, 0.25) is 0 Å². The van der Waals surface area contributed by atoms with Gasteiger partial charge in [0.1, 0.15) is 5.82 Å². The molecule has 3 aromatic carbocycles. The third kappa shape index (κ3) is 8.83. The zero-order valence-electron chi connectivity index (χ0n) is 27.9. The van der Waals surface area contributed by atoms with E-state index in [1.165, 1.54) is 77.0 Å². The van der Waals surface area contributed by atoms with Crippen LogP contribution in [0.25, 0.3) is 22.3 Å². The SMILES string of the molecule is CCCCCCCCCc1ccc(-c2ccc(-c3ccc(C4CCC(C5CCC(CCC)CC5)CC4)c(F)c3)cc2)c(F)c1F. The summed E-state index contributed by atoms with van der Waals surface area (Å²) in [6.07, 6.45) is 21.6. The van der Waals surface area contributed by atoms with Gasteiger partial charge in [-0.1, -0.05) is 127 Å². The van der Waals surface area contributed by atoms with E-state index in [-0.39, 0.29) is 11.4 Å². The van der Waals surface area contributed by atoms with Gasteiger partial charge >= 0.3 is 0 Å². The van der Waals surface area contributed by atoms with Gasteiger partial charge in [-0.05, 0) is 109 Å². The second kappa shape index (κ2) is 16.8. The highest BCUT2D eigenvalue weighted by Crippen LogP contribution is 2.45. The van der Waals surface area contributed by atoms with Gasteiger partial charge in [0, 0.05) is 5.56 Å². The lowest BCUT2D eigenvalue weighted by Crippen LogP contribution is -2.25. The first-order chi connectivity index (χ1) is 22.0. The van der Waals surface area contributed by atoms with Crippen molar-refractivity contribution in [2.45, 2.75) is 135 Å². The molecule has 3 aromatic rings. The molecule has 2 saturated carbocycles. The Bertz CT molecular complexity index is 1330. The van der Waals surface area contributed by atoms with E-state index in [2.05, 4.69) is 13.8 Å². The van der Waals surface area contributed by atoms with Gasteiger partial charge in [-0.2, -0.15) is 0 Å². The summed E-state index contributed by atoms with van der Waals surface area (Å²) < 4.78 is 45.5. The van der Waals surface area contributed by atoms with Crippen LogP contribution in [0.3, 0.4) is 0 Å². The minimum Gasteiger partial charge on any atom is -0.207 e. The zero-order chi connectivity index (χ0) is 31.6. The van der Waals surface area contributed by atoms with Crippen molar-refractivity contribution < 1.29 is 13.2 Å². The molecule has 3 heteroatoms. The Morgan fingerprint density at radius 3 is 1.80 bits per heavy atom. The van der Waals surface area contributed by atoms with E-state index >= 15 is 8.78 Å². The minimum absolute atomic E-state index is 0.121. The van der Waals surface area contributed by atoms with Crippen LogP contribution in [0.5, 0.6) is 0 Å². The average molecular weight is 617 g/mol. The molecule has 2 fully saturated rings. The quantitative estimate of drug-likeness (QED) is 0.158. The summed E-state index contributed by atoms with van der Waals surface area (Å²) in [5.74, 6) is 1.33. The standard InChI is InChI=1S/C42H55F3/c1-3-5-6-7-8-9-10-12-36-25-28-39(42(45)41(36)44)35-23-19-33(20-24-35)37-26-27-38(40(43)29-37)34-21-17-32(18-22-34)31-15-13-30(11-4-2)14-16-31/h19-20,23-32,34H,3-18,21-22H2,1-2H3. The van der Waals surface area contributed by atoms with Crippen LogP contribution in [0.4, 0.5) is 13.2 Å². The number of hydrogen-bond donors (Lipinski definition) is 0. The predicted octanol–water partition coefficient (Wildman–Crippen LogP) is 13.6. The fourth-order valence-corrected chi connectivity index (χ4v) is 8.42. The van der Waals surface area contributed by atoms with Crippen LogP contribution in [0.2, 0.25) is 0 Å². The first-order valence-corrected chi connectivity index (χ1v) is 18.4. The highest BCUT2D eigenvalue weighted by atomic mass is 19.2. The maximum absolute atomic E-state index is 15.5. The summed E-state index contributed by atoms with van der Waals surface area (Å²) in [4.78, 5) is 0. The molecule has 0 bridgehead atoms. The number of aryl methyl sites for hydroxylation is 1. The first kappa shape index (κ1) is 33.8. The van der Waals surface area contributed by atoms with Crippen LogP contribution in [0, 0.1) is 35.2 Å². The Morgan fingerprint density at radius 2 is 1.16 bits per heavy atom. The maximum atomic E-state index is 15.5. The Kier molecular flexibility index (Phi) is 12.7. The molecule has 0 spiro atoms. The molecule has 2 aliphatic rings. The van der Waals surface area contributed by atoms with Crippen LogP contribution in [0.1, 0.15) is 140 Å². The first-order valence-electron chi connectivity index (χ1n) is 18.4. The molecular weight excluding hydrogens is 561 g/mol. The van der Waals surface area contributed by atoms with Crippen LogP contribution in [-0.4, -0.2) is 0 Å². The van der Waals surface area contributed by atoms with Gasteiger partial charge in [-0.25, -0.2) is 13.2 Å². The fourth-order valence-electron chi connectivity index (χ4n) is 8.42. The number of benzene rings is 3. The summed E-state index contributed by atoms with van der Waals surface area (Å²) in [5.41, 5.74) is 3.91. The van der Waals surface area contributed by atoms with Gasteiger partial charge in [0.25, 0.3) is 0 Å². The largest absolute Gasteiger partial charge is 0.207 e. The lowest BCUT2D eigenvalue weighted by molar-refractivity contribution is 0.156. The minimum atomic E-state index is -0.780. The fraction of sp³-hybridized carbons (Fsp3) is 0.571. The molecule has 45 heavy (non-hydrogen) atoms. The normalized spacial score (nSPS) is 22.1. The summed E-state index contributed by atoms with van der Waals surface area (Å²) in [6, 6.07) is 16.5. The Balaban J connectivity index is 1.15. The van der Waals surface area contributed by atoms with Crippen molar-refractivity contribution >= 4 is 0 Å². The highest BCUT2D eigenvalue weighted by Gasteiger charge is 2.32. The number of halogens is 3. The van der Waals surface area contributed by atoms with Crippen molar-refractivity contribution in [1.29, 1.82) is 0 Å². The van der Waals surface area contributed by atoms with Crippen molar-refractivity contribution in [3.05, 3.63) is 83.2 Å². The van der Waals surface area contributed by atoms with Gasteiger partial charge in [-0.3, -0.25) is 0 Å². The molecule has 0 aromatic heterocycles. The smallest absolute Gasteiger partial charge is 0.166 e. The predicted molar refractivity (Wildman–Crippen MR) is 184 cm³/mol. The third-order valence-corrected chi connectivity index (χ3v) is 11.2. The molecular formula is C42H55F3. The molecule has 0 atom stereocenters. The van der Waals surface area contributed by atoms with Crippen molar-refractivity contribution in [3.63, 3.8) is 0 Å². The summed E-state index contributed by atoms with van der Waals surface area (Å²) in [5, 5.41) is 0. The molecule has 0 unspecified atom stereocenters. The molecule has 0 nitrogen and oxygen atoms in total. The topological polar surface area (TPSA) is 0 Å². The molecule has 0 amide bonds. The molecule has 0 saturated heterocycles. The van der Waals surface area contributed by atoms with E-state index in [1.54, 1.807) is 18.2 Å². The second-order valence-electron chi connectivity index (χ2n) is 14.3. The lowest BCUT2D eigenvalue weighted by atomic mass is 9.68. The third-order valence-electron chi connectivity index (χ3n) is 11.2. The van der Waals surface area contributed by atoms with E-state index in [0.717, 1.165) is 66.5 Å². The maximum Gasteiger partial charge on any atom is 0.166 e. The molecule has 244 valence electrons. The van der Waals surface area contributed by atoms with Gasteiger partial charge < -0.3 is 0 Å². The Labute approximate surface area is 271 Å². The highest BCUT2D eigenvalue weighted by molar-refractivity contribution is 5.71. The molecule has 0 radical (unpaired) electrons. The van der Waals surface area contributed by atoms with Crippen molar-refractivity contribution in [2.75, 3.05) is 0 Å². The van der Waals surface area contributed by atoms with Crippen LogP contribution in [-0.2, 0) is 6.42 Å². The summed E-state index contributed by atoms with van der Waals surface area (Å²) >= 11 is 0. The van der Waals surface area contributed by atoms with Gasteiger partial charge in [0.05, 0.1) is 0 Å². The lowest BCUT2D eigenvalue weighted by Gasteiger charge is -2.38. The molecule has 0 heterocycles. The van der Waals surface area contributed by atoms with E-state index in [1.807, 2.05) is 36.4 Å². The molecule has 2 aliphatic carbocycles. The van der Waals surface area contributed by atoms with E-state index in [4.69, 9.17) is 0 Å². The average Bonchev–Trinajstić information content (AvgIpc) is 3.07. The van der Waals surface area contributed by atoms with E-state index in [9.17, 15) is 4.39 Å². The summed E-state index contributed by atoms with van der Waals surface area (Å²) in [6.45, 7) is 4.51. The number of hydrogen-bond acceptors (Lipinski definition) is 0. The summed E-state index contributed by atoms with van der Waals surface area (Å²) in [7, 11) is 0.